The van der Waals surface area contributed by atoms with E-state index in [0.717, 1.165) is 18.3 Å². The van der Waals surface area contributed by atoms with Crippen molar-refractivity contribution in [2.75, 3.05) is 33.2 Å². The van der Waals surface area contributed by atoms with Crippen LogP contribution in [0, 0.1) is 17.8 Å². The van der Waals surface area contributed by atoms with Gasteiger partial charge in [-0.15, -0.1) is 0 Å². The predicted octanol–water partition coefficient (Wildman–Crippen LogP) is 6.31. The maximum absolute atomic E-state index is 2.85. The van der Waals surface area contributed by atoms with Gasteiger partial charge in [-0.2, -0.15) is 0 Å². The van der Waals surface area contributed by atoms with Gasteiger partial charge in [0.15, 0.2) is 0 Å². The van der Waals surface area contributed by atoms with Crippen LogP contribution in [0.3, 0.4) is 0 Å². The lowest BCUT2D eigenvalue weighted by atomic mass is 9.89. The summed E-state index contributed by atoms with van der Waals surface area (Å²) in [5.41, 5.74) is 4.42. The molecule has 2 aliphatic rings. The molecule has 0 aromatic rings. The van der Waals surface area contributed by atoms with Crippen LogP contribution in [0.15, 0.2) is 34.9 Å². The Balaban J connectivity index is 2.20. The molecule has 0 radical (unpaired) electrons. The van der Waals surface area contributed by atoms with Gasteiger partial charge in [0.25, 0.3) is 0 Å². The molecule has 0 amide bonds. The van der Waals surface area contributed by atoms with Crippen molar-refractivity contribution in [3.05, 3.63) is 34.9 Å². The van der Waals surface area contributed by atoms with Crippen molar-refractivity contribution >= 4 is 0 Å². The Labute approximate surface area is 175 Å². The highest BCUT2D eigenvalue weighted by Crippen LogP contribution is 2.33. The summed E-state index contributed by atoms with van der Waals surface area (Å²) in [7, 11) is 2.31. The van der Waals surface area contributed by atoms with E-state index in [0.29, 0.717) is 12.0 Å². The molecule has 2 nitrogen and oxygen atoms in total. The Kier molecular flexibility index (Phi) is 9.50. The van der Waals surface area contributed by atoms with Gasteiger partial charge >= 0.3 is 0 Å². The Bertz CT molecular complexity index is 567. The third-order valence-corrected chi connectivity index (χ3v) is 7.23. The fourth-order valence-electron chi connectivity index (χ4n) is 4.38. The van der Waals surface area contributed by atoms with Gasteiger partial charge in [0.2, 0.25) is 0 Å². The molecule has 0 N–H and O–H groups in total. The zero-order chi connectivity index (χ0) is 20.7. The normalized spacial score (nSPS) is 30.5. The summed E-state index contributed by atoms with van der Waals surface area (Å²) >= 11 is 0. The molecule has 2 fully saturated rings. The van der Waals surface area contributed by atoms with Crippen LogP contribution in [0.1, 0.15) is 73.6 Å². The highest BCUT2D eigenvalue weighted by molar-refractivity contribution is 5.30. The van der Waals surface area contributed by atoms with E-state index in [1.807, 2.05) is 0 Å². The first-order valence-electron chi connectivity index (χ1n) is 11.8. The molecule has 28 heavy (non-hydrogen) atoms. The first kappa shape index (κ1) is 23.4. The number of hydrogen-bond donors (Lipinski definition) is 0. The van der Waals surface area contributed by atoms with Gasteiger partial charge in [0.1, 0.15) is 0 Å². The molecule has 1 heterocycles. The summed E-state index contributed by atoms with van der Waals surface area (Å²) in [6.45, 7) is 19.1. The second-order valence-corrected chi connectivity index (χ2v) is 9.75. The lowest BCUT2D eigenvalue weighted by molar-refractivity contribution is 0.112. The second-order valence-electron chi connectivity index (χ2n) is 9.75. The van der Waals surface area contributed by atoms with Gasteiger partial charge in [0, 0.05) is 19.1 Å². The predicted molar refractivity (Wildman–Crippen MR) is 125 cm³/mol. The lowest BCUT2D eigenvalue weighted by Crippen LogP contribution is -2.44. The average molecular weight is 387 g/mol. The van der Waals surface area contributed by atoms with Crippen LogP contribution < -0.4 is 0 Å². The zero-order valence-corrected chi connectivity index (χ0v) is 19.8. The maximum Gasteiger partial charge on any atom is 0.00933 e. The Morgan fingerprint density at radius 3 is 2.29 bits per heavy atom. The van der Waals surface area contributed by atoms with Crippen molar-refractivity contribution in [2.45, 2.75) is 79.7 Å². The van der Waals surface area contributed by atoms with Crippen molar-refractivity contribution in [3.8, 4) is 0 Å². The Morgan fingerprint density at radius 2 is 1.64 bits per heavy atom. The first-order chi connectivity index (χ1) is 13.3. The zero-order valence-electron chi connectivity index (χ0n) is 19.8. The van der Waals surface area contributed by atoms with Gasteiger partial charge in [-0.05, 0) is 97.7 Å². The molecule has 1 aliphatic heterocycles. The molecule has 1 saturated carbocycles. The lowest BCUT2D eigenvalue weighted by Gasteiger charge is -2.39. The Hall–Kier alpha value is -0.860. The minimum absolute atomic E-state index is 0.661. The van der Waals surface area contributed by atoms with Gasteiger partial charge in [-0.3, -0.25) is 4.90 Å². The molecule has 160 valence electrons. The summed E-state index contributed by atoms with van der Waals surface area (Å²) in [6.07, 6.45) is 13.5. The van der Waals surface area contributed by atoms with Crippen LogP contribution in [0.5, 0.6) is 0 Å². The molecule has 0 aromatic carbocycles. The number of hydrogen-bond acceptors (Lipinski definition) is 2. The van der Waals surface area contributed by atoms with E-state index in [9.17, 15) is 0 Å². The second kappa shape index (κ2) is 11.4. The largest absolute Gasteiger partial charge is 0.306 e. The van der Waals surface area contributed by atoms with E-state index in [1.165, 1.54) is 63.0 Å². The van der Waals surface area contributed by atoms with E-state index in [4.69, 9.17) is 0 Å². The molecule has 3 atom stereocenters. The molecule has 2 heteroatoms. The fourth-order valence-corrected chi connectivity index (χ4v) is 4.38. The fraction of sp³-hybridized carbons (Fsp3) is 0.769. The van der Waals surface area contributed by atoms with Crippen LogP contribution in [0.2, 0.25) is 0 Å². The number of rotatable bonds is 6. The highest BCUT2D eigenvalue weighted by Gasteiger charge is 2.31. The van der Waals surface area contributed by atoms with Crippen LogP contribution in [-0.2, 0) is 0 Å². The van der Waals surface area contributed by atoms with Gasteiger partial charge in [-0.25, -0.2) is 0 Å². The van der Waals surface area contributed by atoms with Gasteiger partial charge in [0.05, 0.1) is 0 Å². The third kappa shape index (κ3) is 7.52. The van der Waals surface area contributed by atoms with Crippen LogP contribution in [0.25, 0.3) is 0 Å². The number of nitrogens with zero attached hydrogens (tertiary/aromatic N) is 2. The number of allylic oxidation sites excluding steroid dienone is 5. The first-order valence-corrected chi connectivity index (χ1v) is 11.8. The smallest absolute Gasteiger partial charge is 0.00933 e. The van der Waals surface area contributed by atoms with Crippen molar-refractivity contribution in [1.82, 2.24) is 9.80 Å². The molecule has 0 aromatic heterocycles. The van der Waals surface area contributed by atoms with E-state index < -0.39 is 0 Å². The molecule has 1 aliphatic carbocycles. The minimum atomic E-state index is 0.661. The molecule has 0 spiro atoms. The van der Waals surface area contributed by atoms with Crippen molar-refractivity contribution in [3.63, 3.8) is 0 Å². The SMILES string of the molecule is CC/C=C(C)/C=C\C(C)=C(/C)C1CCN(C)CCC(C)C(C)N(CC2CC2)C1. The third-order valence-electron chi connectivity index (χ3n) is 7.23. The molecule has 2 rings (SSSR count). The van der Waals surface area contributed by atoms with Crippen LogP contribution in [0.4, 0.5) is 0 Å². The summed E-state index contributed by atoms with van der Waals surface area (Å²) in [5.74, 6) is 2.40. The molecular weight excluding hydrogens is 340 g/mol. The van der Waals surface area contributed by atoms with E-state index in [2.05, 4.69) is 76.6 Å². The van der Waals surface area contributed by atoms with Crippen molar-refractivity contribution in [1.29, 1.82) is 0 Å². The van der Waals surface area contributed by atoms with E-state index in [1.54, 1.807) is 5.57 Å². The Morgan fingerprint density at radius 1 is 0.964 bits per heavy atom. The van der Waals surface area contributed by atoms with Crippen LogP contribution in [-0.4, -0.2) is 49.1 Å². The highest BCUT2D eigenvalue weighted by atomic mass is 15.2. The minimum Gasteiger partial charge on any atom is -0.306 e. The summed E-state index contributed by atoms with van der Waals surface area (Å²) in [4.78, 5) is 5.40. The van der Waals surface area contributed by atoms with E-state index >= 15 is 0 Å². The quantitative estimate of drug-likeness (QED) is 0.493. The van der Waals surface area contributed by atoms with Crippen LogP contribution >= 0.6 is 0 Å². The molecule has 3 unspecified atom stereocenters. The van der Waals surface area contributed by atoms with Crippen molar-refractivity contribution in [2.24, 2.45) is 17.8 Å². The maximum atomic E-state index is 2.85. The monoisotopic (exact) mass is 386 g/mol. The van der Waals surface area contributed by atoms with Gasteiger partial charge < -0.3 is 4.90 Å². The standard InChI is InChI=1S/C26H46N2/c1-8-9-20(2)10-11-21(3)23(5)26-15-17-27(7)16-14-22(4)24(6)28(19-26)18-25-12-13-25/h9-11,22,24-26H,8,12-19H2,1-7H3/b11-10-,20-9+,23-21+. The topological polar surface area (TPSA) is 6.48 Å². The summed E-state index contributed by atoms with van der Waals surface area (Å²) in [6, 6.07) is 0.688. The van der Waals surface area contributed by atoms with E-state index in [-0.39, 0.29) is 0 Å². The van der Waals surface area contributed by atoms with Crippen molar-refractivity contribution < 1.29 is 0 Å². The van der Waals surface area contributed by atoms with Gasteiger partial charge in [-0.1, -0.05) is 48.8 Å². The summed E-state index contributed by atoms with van der Waals surface area (Å²) < 4.78 is 0. The molecular formula is C26H46N2. The molecule has 0 bridgehead atoms. The summed E-state index contributed by atoms with van der Waals surface area (Å²) in [5, 5.41) is 0. The average Bonchev–Trinajstić information content (AvgIpc) is 3.49. The molecule has 1 saturated heterocycles.